The van der Waals surface area contributed by atoms with Crippen LogP contribution in [0.4, 0.5) is 0 Å². The number of hydrogen-bond donors (Lipinski definition) is 1. The normalized spacial score (nSPS) is 62.5. The van der Waals surface area contributed by atoms with Crippen LogP contribution in [0.5, 0.6) is 0 Å². The smallest absolute Gasteiger partial charge is 0.0573 e. The Morgan fingerprint density at radius 1 is 1.33 bits per heavy atom. The van der Waals surface area contributed by atoms with Crippen LogP contribution in [0.1, 0.15) is 12.8 Å². The second-order valence-electron chi connectivity index (χ2n) is 2.46. The molecule has 0 aromatic carbocycles. The summed E-state index contributed by atoms with van der Waals surface area (Å²) in [6, 6.07) is 0. The molecule has 6 heavy (non-hydrogen) atoms. The molecule has 0 bridgehead atoms. The van der Waals surface area contributed by atoms with Crippen molar-refractivity contribution in [3.05, 3.63) is 0 Å². The van der Waals surface area contributed by atoms with Gasteiger partial charge in [0.1, 0.15) is 0 Å². The fourth-order valence-electron chi connectivity index (χ4n) is 1.30. The van der Waals surface area contributed by atoms with E-state index in [1.165, 1.54) is 6.42 Å². The van der Waals surface area contributed by atoms with Crippen molar-refractivity contribution in [3.63, 3.8) is 0 Å². The van der Waals surface area contributed by atoms with Gasteiger partial charge in [0, 0.05) is 0 Å². The largest absolute Gasteiger partial charge is 0.393 e. The third-order valence-corrected chi connectivity index (χ3v) is 2.02. The summed E-state index contributed by atoms with van der Waals surface area (Å²) in [5, 5.41) is 8.76. The molecule has 34 valence electrons. The van der Waals surface area contributed by atoms with Gasteiger partial charge in [0.25, 0.3) is 0 Å². The first-order valence-corrected chi connectivity index (χ1v) is 2.56. The van der Waals surface area contributed by atoms with Gasteiger partial charge in [-0.2, -0.15) is 0 Å². The van der Waals surface area contributed by atoms with Crippen LogP contribution in [0.3, 0.4) is 0 Å². The highest BCUT2D eigenvalue weighted by Gasteiger charge is 2.52. The van der Waals surface area contributed by atoms with Crippen LogP contribution in [0.2, 0.25) is 0 Å². The van der Waals surface area contributed by atoms with E-state index in [1.807, 2.05) is 0 Å². The van der Waals surface area contributed by atoms with Gasteiger partial charge >= 0.3 is 0 Å². The molecule has 3 atom stereocenters. The van der Waals surface area contributed by atoms with Crippen LogP contribution >= 0.6 is 0 Å². The maximum Gasteiger partial charge on any atom is 0.0573 e. The minimum absolute atomic E-state index is 0.106. The lowest BCUT2D eigenvalue weighted by Crippen LogP contribution is -2.20. The first kappa shape index (κ1) is 3.03. The molecule has 0 aromatic heterocycles. The molecule has 0 aromatic rings. The topological polar surface area (TPSA) is 20.2 Å². The van der Waals surface area contributed by atoms with Gasteiger partial charge in [0.05, 0.1) is 6.10 Å². The van der Waals surface area contributed by atoms with Crippen LogP contribution in [0.15, 0.2) is 0 Å². The fraction of sp³-hybridized carbons (Fsp3) is 1.00. The second-order valence-corrected chi connectivity index (χ2v) is 2.46. The molecule has 1 nitrogen and oxygen atoms in total. The van der Waals surface area contributed by atoms with Gasteiger partial charge < -0.3 is 5.11 Å². The van der Waals surface area contributed by atoms with Crippen LogP contribution < -0.4 is 0 Å². The first-order valence-electron chi connectivity index (χ1n) is 2.56. The Labute approximate surface area is 37.0 Å². The zero-order chi connectivity index (χ0) is 4.15. The summed E-state index contributed by atoms with van der Waals surface area (Å²) in [6.07, 6.45) is 2.53. The summed E-state index contributed by atoms with van der Waals surface area (Å²) in [5.41, 5.74) is 0. The third-order valence-electron chi connectivity index (χ3n) is 2.02. The lowest BCUT2D eigenvalue weighted by atomic mass is 9.97. The molecule has 1 heteroatoms. The first-order chi connectivity index (χ1) is 2.88. The van der Waals surface area contributed by atoms with Crippen LogP contribution in [0, 0.1) is 11.8 Å². The van der Waals surface area contributed by atoms with E-state index in [0.29, 0.717) is 0 Å². The van der Waals surface area contributed by atoms with E-state index in [2.05, 4.69) is 0 Å². The summed E-state index contributed by atoms with van der Waals surface area (Å²) >= 11 is 0. The van der Waals surface area contributed by atoms with Gasteiger partial charge in [-0.3, -0.25) is 0 Å². The summed E-state index contributed by atoms with van der Waals surface area (Å²) in [6.45, 7) is 0. The molecular weight excluding hydrogens is 76.1 g/mol. The standard InChI is InChI=1S/C5H8O/c6-5-2-3-1-4(3)5/h3-6H,1-2H2/t3-,4-,5+/m1/s1. The molecule has 2 fully saturated rings. The molecular formula is C5H8O. The molecule has 0 aliphatic heterocycles. The molecule has 0 saturated heterocycles. The summed E-state index contributed by atoms with van der Waals surface area (Å²) in [4.78, 5) is 0. The van der Waals surface area contributed by atoms with Crippen molar-refractivity contribution in [1.29, 1.82) is 0 Å². The lowest BCUT2D eigenvalue weighted by molar-refractivity contribution is 0.0808. The van der Waals surface area contributed by atoms with Crippen molar-refractivity contribution < 1.29 is 5.11 Å². The number of aliphatic hydroxyl groups excluding tert-OH is 1. The third kappa shape index (κ3) is 0.178. The molecule has 2 saturated carbocycles. The van der Waals surface area contributed by atoms with Crippen molar-refractivity contribution in [2.75, 3.05) is 0 Å². The molecule has 0 spiro atoms. The molecule has 2 aliphatic rings. The van der Waals surface area contributed by atoms with Crippen molar-refractivity contribution in [3.8, 4) is 0 Å². The molecule has 0 unspecified atom stereocenters. The second kappa shape index (κ2) is 0.648. The van der Waals surface area contributed by atoms with Gasteiger partial charge in [-0.25, -0.2) is 0 Å². The molecule has 0 heterocycles. The number of hydrogen-bond acceptors (Lipinski definition) is 1. The minimum Gasteiger partial charge on any atom is -0.393 e. The lowest BCUT2D eigenvalue weighted by Gasteiger charge is -2.16. The van der Waals surface area contributed by atoms with E-state index in [4.69, 9.17) is 5.11 Å². The summed E-state index contributed by atoms with van der Waals surface area (Å²) in [7, 11) is 0. The van der Waals surface area contributed by atoms with Gasteiger partial charge in [-0.15, -0.1) is 0 Å². The van der Waals surface area contributed by atoms with E-state index >= 15 is 0 Å². The number of aliphatic hydroxyl groups is 1. The van der Waals surface area contributed by atoms with Crippen molar-refractivity contribution in [2.45, 2.75) is 18.9 Å². The Morgan fingerprint density at radius 2 is 2.17 bits per heavy atom. The van der Waals surface area contributed by atoms with Gasteiger partial charge in [0.2, 0.25) is 0 Å². The number of fused-ring (bicyclic) bond motifs is 1. The zero-order valence-corrected chi connectivity index (χ0v) is 3.59. The van der Waals surface area contributed by atoms with Crippen LogP contribution in [0.25, 0.3) is 0 Å². The molecule has 1 N–H and O–H groups in total. The Bertz CT molecular complexity index is 80.0. The van der Waals surface area contributed by atoms with Gasteiger partial charge in [-0.05, 0) is 24.7 Å². The highest BCUT2D eigenvalue weighted by Crippen LogP contribution is 2.55. The Hall–Kier alpha value is -0.0400. The van der Waals surface area contributed by atoms with E-state index in [1.54, 1.807) is 0 Å². The van der Waals surface area contributed by atoms with Crippen LogP contribution in [-0.4, -0.2) is 11.2 Å². The van der Waals surface area contributed by atoms with Crippen molar-refractivity contribution in [1.82, 2.24) is 0 Å². The summed E-state index contributed by atoms with van der Waals surface area (Å²) < 4.78 is 0. The molecule has 2 rings (SSSR count). The SMILES string of the molecule is O[C@H]1C[C@H]2C[C@H]21. The summed E-state index contributed by atoms with van der Waals surface area (Å²) in [5.74, 6) is 1.71. The average Bonchev–Trinajstić information content (AvgIpc) is 2.12. The van der Waals surface area contributed by atoms with E-state index < -0.39 is 0 Å². The predicted molar refractivity (Wildman–Crippen MR) is 22.2 cm³/mol. The average molecular weight is 84.1 g/mol. The Balaban J connectivity index is 2.08. The maximum absolute atomic E-state index is 8.76. The predicted octanol–water partition coefficient (Wildman–Crippen LogP) is 0.387. The van der Waals surface area contributed by atoms with E-state index in [-0.39, 0.29) is 6.10 Å². The fourth-order valence-corrected chi connectivity index (χ4v) is 1.30. The Kier molecular flexibility index (Phi) is 0.327. The van der Waals surface area contributed by atoms with Crippen molar-refractivity contribution >= 4 is 0 Å². The molecule has 0 radical (unpaired) electrons. The monoisotopic (exact) mass is 84.1 g/mol. The van der Waals surface area contributed by atoms with Crippen LogP contribution in [-0.2, 0) is 0 Å². The maximum atomic E-state index is 8.76. The highest BCUT2D eigenvalue weighted by molar-refractivity contribution is 5.02. The van der Waals surface area contributed by atoms with Gasteiger partial charge in [0.15, 0.2) is 0 Å². The number of rotatable bonds is 0. The molecule has 2 aliphatic carbocycles. The van der Waals surface area contributed by atoms with E-state index in [0.717, 1.165) is 18.3 Å². The Morgan fingerprint density at radius 3 is 2.17 bits per heavy atom. The van der Waals surface area contributed by atoms with Gasteiger partial charge in [-0.1, -0.05) is 0 Å². The zero-order valence-electron chi connectivity index (χ0n) is 3.59. The highest BCUT2D eigenvalue weighted by atomic mass is 16.3. The molecule has 0 amide bonds. The van der Waals surface area contributed by atoms with Crippen molar-refractivity contribution in [2.24, 2.45) is 11.8 Å². The minimum atomic E-state index is 0.106. The van der Waals surface area contributed by atoms with E-state index in [9.17, 15) is 0 Å². The quantitative estimate of drug-likeness (QED) is 0.450.